The molecule has 0 radical (unpaired) electrons. The van der Waals surface area contributed by atoms with E-state index >= 15 is 0 Å². The zero-order valence-electron chi connectivity index (χ0n) is 14.0. The van der Waals surface area contributed by atoms with Gasteiger partial charge in [0.15, 0.2) is 5.03 Å². The van der Waals surface area contributed by atoms with Crippen LogP contribution in [0.3, 0.4) is 0 Å². The molecule has 0 unspecified atom stereocenters. The van der Waals surface area contributed by atoms with Crippen molar-refractivity contribution in [1.29, 1.82) is 0 Å². The molecule has 0 aliphatic heterocycles. The molecule has 1 aromatic heterocycles. The lowest BCUT2D eigenvalue weighted by atomic mass is 10.1. The predicted molar refractivity (Wildman–Crippen MR) is 100 cm³/mol. The third-order valence-corrected chi connectivity index (χ3v) is 5.12. The Kier molecular flexibility index (Phi) is 5.39. The third kappa shape index (κ3) is 3.95. The van der Waals surface area contributed by atoms with E-state index in [9.17, 15) is 10.1 Å². The van der Waals surface area contributed by atoms with Crippen molar-refractivity contribution in [3.05, 3.63) is 75.1 Å². The summed E-state index contributed by atoms with van der Waals surface area (Å²) in [5.41, 5.74) is 1.36. The van der Waals surface area contributed by atoms with Crippen molar-refractivity contribution in [1.82, 2.24) is 9.97 Å². The zero-order valence-corrected chi connectivity index (χ0v) is 15.5. The summed E-state index contributed by atoms with van der Waals surface area (Å²) in [5, 5.41) is 12.5. The Labute approximate surface area is 159 Å². The fraction of sp³-hybridized carbons (Fsp3) is 0.111. The van der Waals surface area contributed by atoms with E-state index in [-0.39, 0.29) is 16.6 Å². The SMILES string of the molecule is Cc1cc(Oc2ncnc(Sc3ccccc3)c2[N+](=O)[O-])cc(C)c1Cl. The molecular weight excluding hydrogens is 374 g/mol. The van der Waals surface area contributed by atoms with Crippen molar-refractivity contribution in [2.75, 3.05) is 0 Å². The molecule has 0 saturated carbocycles. The highest BCUT2D eigenvalue weighted by atomic mass is 35.5. The lowest BCUT2D eigenvalue weighted by molar-refractivity contribution is -0.389. The van der Waals surface area contributed by atoms with Gasteiger partial charge < -0.3 is 4.74 Å². The average molecular weight is 388 g/mol. The molecule has 3 aromatic rings. The summed E-state index contributed by atoms with van der Waals surface area (Å²) in [6, 6.07) is 12.7. The topological polar surface area (TPSA) is 78.2 Å². The smallest absolute Gasteiger partial charge is 0.363 e. The first-order valence-corrected chi connectivity index (χ1v) is 8.82. The van der Waals surface area contributed by atoms with Crippen molar-refractivity contribution < 1.29 is 9.66 Å². The Balaban J connectivity index is 2.00. The molecule has 0 N–H and O–H groups in total. The maximum absolute atomic E-state index is 11.6. The Morgan fingerprint density at radius 2 is 1.77 bits per heavy atom. The normalized spacial score (nSPS) is 10.6. The van der Waals surface area contributed by atoms with Crippen molar-refractivity contribution in [3.8, 4) is 11.6 Å². The quantitative estimate of drug-likeness (QED) is 0.322. The highest BCUT2D eigenvalue weighted by Gasteiger charge is 2.26. The van der Waals surface area contributed by atoms with Gasteiger partial charge in [0.1, 0.15) is 12.1 Å². The third-order valence-electron chi connectivity index (χ3n) is 3.52. The van der Waals surface area contributed by atoms with E-state index in [0.29, 0.717) is 10.8 Å². The second kappa shape index (κ2) is 7.72. The minimum atomic E-state index is -0.532. The minimum Gasteiger partial charge on any atom is -0.434 e. The number of aryl methyl sites for hydroxylation is 2. The Bertz CT molecular complexity index is 944. The molecule has 0 aliphatic rings. The maximum Gasteiger partial charge on any atom is 0.363 e. The molecule has 8 heteroatoms. The molecule has 2 aromatic carbocycles. The highest BCUT2D eigenvalue weighted by Crippen LogP contribution is 2.39. The fourth-order valence-corrected chi connectivity index (χ4v) is 3.31. The van der Waals surface area contributed by atoms with Crippen LogP contribution in [0, 0.1) is 24.0 Å². The van der Waals surface area contributed by atoms with Crippen molar-refractivity contribution in [2.24, 2.45) is 0 Å². The van der Waals surface area contributed by atoms with Crippen molar-refractivity contribution in [3.63, 3.8) is 0 Å². The number of hydrogen-bond acceptors (Lipinski definition) is 6. The molecule has 3 rings (SSSR count). The molecule has 6 nitrogen and oxygen atoms in total. The number of nitro groups is 1. The van der Waals surface area contributed by atoms with Crippen LogP contribution in [-0.4, -0.2) is 14.9 Å². The molecule has 0 bridgehead atoms. The Morgan fingerprint density at radius 1 is 1.12 bits per heavy atom. The molecule has 0 saturated heterocycles. The largest absolute Gasteiger partial charge is 0.434 e. The minimum absolute atomic E-state index is 0.107. The summed E-state index contributed by atoms with van der Waals surface area (Å²) >= 11 is 7.34. The van der Waals surface area contributed by atoms with Gasteiger partial charge in [0.05, 0.1) is 4.92 Å². The summed E-state index contributed by atoms with van der Waals surface area (Å²) in [7, 11) is 0. The summed E-state index contributed by atoms with van der Waals surface area (Å²) < 4.78 is 5.70. The molecular formula is C18H14ClN3O3S. The monoisotopic (exact) mass is 387 g/mol. The van der Waals surface area contributed by atoms with E-state index in [0.717, 1.165) is 16.0 Å². The standard InChI is InChI=1S/C18H14ClN3O3S/c1-11-8-13(9-12(2)15(11)19)25-17-16(22(23)24)18(21-10-20-17)26-14-6-4-3-5-7-14/h3-10H,1-2H3. The van der Waals surface area contributed by atoms with Crippen LogP contribution in [0.15, 0.2) is 58.7 Å². The van der Waals surface area contributed by atoms with Crippen LogP contribution in [0.4, 0.5) is 5.69 Å². The Hall–Kier alpha value is -2.64. The van der Waals surface area contributed by atoms with Crippen LogP contribution >= 0.6 is 23.4 Å². The first-order valence-electron chi connectivity index (χ1n) is 7.62. The van der Waals surface area contributed by atoms with Crippen molar-refractivity contribution >= 4 is 29.1 Å². The second-order valence-corrected chi connectivity index (χ2v) is 6.92. The number of hydrogen-bond donors (Lipinski definition) is 0. The van der Waals surface area contributed by atoms with E-state index in [1.807, 2.05) is 44.2 Å². The van der Waals surface area contributed by atoms with Gasteiger partial charge in [0, 0.05) is 9.92 Å². The lowest BCUT2D eigenvalue weighted by Crippen LogP contribution is -2.00. The van der Waals surface area contributed by atoms with Gasteiger partial charge in [0.2, 0.25) is 0 Å². The first kappa shape index (κ1) is 18.2. The molecule has 0 aliphatic carbocycles. The van der Waals surface area contributed by atoms with Crippen LogP contribution in [0.1, 0.15) is 11.1 Å². The van der Waals surface area contributed by atoms with E-state index in [4.69, 9.17) is 16.3 Å². The molecule has 0 fully saturated rings. The number of benzene rings is 2. The average Bonchev–Trinajstić information content (AvgIpc) is 2.60. The van der Waals surface area contributed by atoms with Crippen molar-refractivity contribution in [2.45, 2.75) is 23.8 Å². The van der Waals surface area contributed by atoms with Gasteiger partial charge in [-0.3, -0.25) is 10.1 Å². The number of nitrogens with zero attached hydrogens (tertiary/aromatic N) is 3. The molecule has 0 atom stereocenters. The molecule has 0 amide bonds. The summed E-state index contributed by atoms with van der Waals surface area (Å²) in [4.78, 5) is 19.9. The molecule has 132 valence electrons. The van der Waals surface area contributed by atoms with Crippen LogP contribution in [-0.2, 0) is 0 Å². The maximum atomic E-state index is 11.6. The van der Waals surface area contributed by atoms with Crippen LogP contribution in [0.25, 0.3) is 0 Å². The number of aromatic nitrogens is 2. The van der Waals surface area contributed by atoms with Gasteiger partial charge in [-0.05, 0) is 49.2 Å². The molecule has 0 spiro atoms. The van der Waals surface area contributed by atoms with Crippen LogP contribution in [0.2, 0.25) is 5.02 Å². The van der Waals surface area contributed by atoms with E-state index < -0.39 is 4.92 Å². The summed E-state index contributed by atoms with van der Waals surface area (Å²) in [5.74, 6) is 0.325. The summed E-state index contributed by atoms with van der Waals surface area (Å²) in [6.45, 7) is 3.68. The molecule has 1 heterocycles. The van der Waals surface area contributed by atoms with E-state index in [1.165, 1.54) is 18.1 Å². The number of rotatable bonds is 5. The van der Waals surface area contributed by atoms with Crippen LogP contribution < -0.4 is 4.74 Å². The van der Waals surface area contributed by atoms with Gasteiger partial charge in [-0.2, -0.15) is 4.98 Å². The van der Waals surface area contributed by atoms with E-state index in [2.05, 4.69) is 9.97 Å². The van der Waals surface area contributed by atoms with Gasteiger partial charge in [-0.1, -0.05) is 41.6 Å². The van der Waals surface area contributed by atoms with Gasteiger partial charge >= 0.3 is 11.6 Å². The number of halogens is 1. The highest BCUT2D eigenvalue weighted by molar-refractivity contribution is 7.99. The van der Waals surface area contributed by atoms with Gasteiger partial charge in [0.25, 0.3) is 0 Å². The first-order chi connectivity index (χ1) is 12.5. The fourth-order valence-electron chi connectivity index (χ4n) is 2.33. The Morgan fingerprint density at radius 3 is 2.38 bits per heavy atom. The van der Waals surface area contributed by atoms with E-state index in [1.54, 1.807) is 12.1 Å². The molecule has 26 heavy (non-hydrogen) atoms. The van der Waals surface area contributed by atoms with Gasteiger partial charge in [-0.15, -0.1) is 0 Å². The lowest BCUT2D eigenvalue weighted by Gasteiger charge is -2.10. The zero-order chi connectivity index (χ0) is 18.7. The van der Waals surface area contributed by atoms with Crippen LogP contribution in [0.5, 0.6) is 11.6 Å². The summed E-state index contributed by atoms with van der Waals surface area (Å²) in [6.07, 6.45) is 1.25. The van der Waals surface area contributed by atoms with Gasteiger partial charge in [-0.25, -0.2) is 4.98 Å². The predicted octanol–water partition coefficient (Wildman–Crippen LogP) is 5.60. The number of ether oxygens (including phenoxy) is 1. The second-order valence-electron chi connectivity index (χ2n) is 5.48.